The Morgan fingerprint density at radius 3 is 3.18 bits per heavy atom. The molecule has 0 radical (unpaired) electrons. The van der Waals surface area contributed by atoms with Crippen molar-refractivity contribution in [1.29, 1.82) is 0 Å². The molecule has 0 spiro atoms. The first-order chi connectivity index (χ1) is 8.31. The zero-order valence-corrected chi connectivity index (χ0v) is 9.85. The lowest BCUT2D eigenvalue weighted by Crippen LogP contribution is -2.41. The summed E-state index contributed by atoms with van der Waals surface area (Å²) in [6, 6.07) is 3.72. The van der Waals surface area contributed by atoms with Crippen molar-refractivity contribution >= 4 is 11.6 Å². The Morgan fingerprint density at radius 1 is 1.59 bits per heavy atom. The summed E-state index contributed by atoms with van der Waals surface area (Å²) in [5, 5.41) is 6.11. The van der Waals surface area contributed by atoms with Gasteiger partial charge in [0.1, 0.15) is 0 Å². The van der Waals surface area contributed by atoms with Crippen LogP contribution in [0.2, 0.25) is 0 Å². The summed E-state index contributed by atoms with van der Waals surface area (Å²) in [5.41, 5.74) is 0.722. The van der Waals surface area contributed by atoms with Crippen molar-refractivity contribution in [2.24, 2.45) is 5.92 Å². The number of nitrogens with one attached hydrogen (secondary N) is 2. The summed E-state index contributed by atoms with van der Waals surface area (Å²) < 4.78 is 5.34. The first-order valence-electron chi connectivity index (χ1n) is 5.83. The summed E-state index contributed by atoms with van der Waals surface area (Å²) >= 11 is 0. The van der Waals surface area contributed by atoms with Gasteiger partial charge in [-0.15, -0.1) is 0 Å². The van der Waals surface area contributed by atoms with Crippen molar-refractivity contribution in [1.82, 2.24) is 10.3 Å². The normalized spacial score (nSPS) is 23.6. The van der Waals surface area contributed by atoms with Gasteiger partial charge in [0.05, 0.1) is 31.0 Å². The Balaban J connectivity index is 1.95. The van der Waals surface area contributed by atoms with Crippen molar-refractivity contribution in [3.8, 4) is 0 Å². The van der Waals surface area contributed by atoms with Crippen LogP contribution in [0, 0.1) is 5.92 Å². The number of aromatic nitrogens is 1. The number of rotatable bonds is 4. The minimum atomic E-state index is -0.129. The van der Waals surface area contributed by atoms with E-state index < -0.39 is 0 Å². The molecule has 92 valence electrons. The first-order valence-corrected chi connectivity index (χ1v) is 5.83. The highest BCUT2D eigenvalue weighted by molar-refractivity contribution is 5.93. The lowest BCUT2D eigenvalue weighted by Gasteiger charge is -2.17. The highest BCUT2D eigenvalue weighted by atomic mass is 16.5. The number of anilines is 1. The minimum Gasteiger partial charge on any atom is -0.379 e. The van der Waals surface area contributed by atoms with Gasteiger partial charge in [0, 0.05) is 12.2 Å². The molecule has 0 aliphatic carbocycles. The third-order valence-electron chi connectivity index (χ3n) is 2.81. The van der Waals surface area contributed by atoms with Crippen LogP contribution in [0.3, 0.4) is 0 Å². The van der Waals surface area contributed by atoms with Crippen LogP contribution in [0.4, 0.5) is 5.69 Å². The van der Waals surface area contributed by atoms with Gasteiger partial charge in [0.15, 0.2) is 0 Å². The van der Waals surface area contributed by atoms with E-state index >= 15 is 0 Å². The molecule has 1 aromatic heterocycles. The van der Waals surface area contributed by atoms with Crippen molar-refractivity contribution in [3.63, 3.8) is 0 Å². The van der Waals surface area contributed by atoms with Crippen LogP contribution in [0.15, 0.2) is 24.5 Å². The van der Waals surface area contributed by atoms with E-state index in [9.17, 15) is 4.79 Å². The number of pyridine rings is 1. The minimum absolute atomic E-state index is 0.0125. The molecule has 0 saturated carbocycles. The maximum absolute atomic E-state index is 12.0. The third kappa shape index (κ3) is 3.01. The quantitative estimate of drug-likeness (QED) is 0.804. The van der Waals surface area contributed by atoms with Crippen molar-refractivity contribution in [2.75, 3.05) is 25.1 Å². The van der Waals surface area contributed by atoms with Crippen LogP contribution in [-0.4, -0.2) is 36.7 Å². The maximum Gasteiger partial charge on any atom is 0.231 e. The molecule has 0 bridgehead atoms. The molecule has 1 amide bonds. The van der Waals surface area contributed by atoms with Crippen LogP contribution in [0.5, 0.6) is 0 Å². The van der Waals surface area contributed by atoms with E-state index in [0.29, 0.717) is 13.2 Å². The predicted octanol–water partition coefficient (Wildman–Crippen LogP) is 0.645. The van der Waals surface area contributed by atoms with Gasteiger partial charge in [-0.1, -0.05) is 6.92 Å². The number of likely N-dealkylation sites (N-methyl/N-ethyl adjacent to an activating group) is 1. The van der Waals surface area contributed by atoms with Gasteiger partial charge in [-0.2, -0.15) is 0 Å². The molecule has 2 rings (SSSR count). The number of ether oxygens (including phenoxy) is 1. The molecule has 17 heavy (non-hydrogen) atoms. The number of carbonyl (C=O) groups is 1. The molecule has 1 aliphatic heterocycles. The summed E-state index contributed by atoms with van der Waals surface area (Å²) in [7, 11) is 0. The Kier molecular flexibility index (Phi) is 4.06. The molecular formula is C12H17N3O2. The second-order valence-corrected chi connectivity index (χ2v) is 4.04. The summed E-state index contributed by atoms with van der Waals surface area (Å²) in [6.07, 6.45) is 3.31. The summed E-state index contributed by atoms with van der Waals surface area (Å²) in [4.78, 5) is 16.0. The van der Waals surface area contributed by atoms with E-state index in [-0.39, 0.29) is 17.9 Å². The van der Waals surface area contributed by atoms with Gasteiger partial charge in [-0.25, -0.2) is 0 Å². The molecule has 1 fully saturated rings. The van der Waals surface area contributed by atoms with Gasteiger partial charge in [-0.05, 0) is 18.7 Å². The molecule has 1 aliphatic rings. The van der Waals surface area contributed by atoms with Crippen LogP contribution in [0.1, 0.15) is 6.92 Å². The lowest BCUT2D eigenvalue weighted by atomic mass is 10.0. The average molecular weight is 235 g/mol. The Labute approximate surface area is 101 Å². The molecule has 2 heterocycles. The van der Waals surface area contributed by atoms with Crippen LogP contribution >= 0.6 is 0 Å². The molecule has 1 aromatic rings. The van der Waals surface area contributed by atoms with Crippen molar-refractivity contribution < 1.29 is 9.53 Å². The molecule has 1 saturated heterocycles. The molecular weight excluding hydrogens is 218 g/mol. The van der Waals surface area contributed by atoms with E-state index in [0.717, 1.165) is 12.2 Å². The van der Waals surface area contributed by atoms with Crippen molar-refractivity contribution in [3.05, 3.63) is 24.5 Å². The SMILES string of the molecule is CCNC1COCC1C(=O)Nc1cccnc1. The number of nitrogens with zero attached hydrogens (tertiary/aromatic N) is 1. The first kappa shape index (κ1) is 12.0. The second-order valence-electron chi connectivity index (χ2n) is 4.04. The molecule has 5 nitrogen and oxygen atoms in total. The lowest BCUT2D eigenvalue weighted by molar-refractivity contribution is -0.120. The molecule has 2 unspecified atom stereocenters. The predicted molar refractivity (Wildman–Crippen MR) is 64.6 cm³/mol. The van der Waals surface area contributed by atoms with Gasteiger partial charge in [-0.3, -0.25) is 9.78 Å². The zero-order valence-electron chi connectivity index (χ0n) is 9.85. The third-order valence-corrected chi connectivity index (χ3v) is 2.81. The Bertz CT molecular complexity index is 369. The summed E-state index contributed by atoms with van der Waals surface area (Å²) in [5.74, 6) is -0.142. The fourth-order valence-corrected chi connectivity index (χ4v) is 1.95. The molecule has 2 N–H and O–H groups in total. The molecule has 5 heteroatoms. The van der Waals surface area contributed by atoms with E-state index in [1.807, 2.05) is 13.0 Å². The van der Waals surface area contributed by atoms with Crippen LogP contribution in [0.25, 0.3) is 0 Å². The topological polar surface area (TPSA) is 63.2 Å². The highest BCUT2D eigenvalue weighted by Crippen LogP contribution is 2.16. The number of amides is 1. The van der Waals surface area contributed by atoms with Gasteiger partial charge in [0.2, 0.25) is 5.91 Å². The zero-order chi connectivity index (χ0) is 12.1. The molecule has 2 atom stereocenters. The monoisotopic (exact) mass is 235 g/mol. The highest BCUT2D eigenvalue weighted by Gasteiger charge is 2.33. The number of hydrogen-bond donors (Lipinski definition) is 2. The van der Waals surface area contributed by atoms with E-state index in [1.165, 1.54) is 0 Å². The standard InChI is InChI=1S/C12H17N3O2/c1-2-14-11-8-17-7-10(11)12(16)15-9-4-3-5-13-6-9/h3-6,10-11,14H,2,7-8H2,1H3,(H,15,16). The largest absolute Gasteiger partial charge is 0.379 e. The smallest absolute Gasteiger partial charge is 0.231 e. The van der Waals surface area contributed by atoms with E-state index in [1.54, 1.807) is 18.5 Å². The summed E-state index contributed by atoms with van der Waals surface area (Å²) in [6.45, 7) is 3.93. The number of hydrogen-bond acceptors (Lipinski definition) is 4. The van der Waals surface area contributed by atoms with Gasteiger partial charge < -0.3 is 15.4 Å². The Hall–Kier alpha value is -1.46. The fourth-order valence-electron chi connectivity index (χ4n) is 1.95. The second kappa shape index (κ2) is 5.75. The van der Waals surface area contributed by atoms with Crippen molar-refractivity contribution in [2.45, 2.75) is 13.0 Å². The Morgan fingerprint density at radius 2 is 2.47 bits per heavy atom. The van der Waals surface area contributed by atoms with Crippen LogP contribution < -0.4 is 10.6 Å². The molecule has 0 aromatic carbocycles. The van der Waals surface area contributed by atoms with Gasteiger partial charge in [0.25, 0.3) is 0 Å². The average Bonchev–Trinajstić information content (AvgIpc) is 2.79. The van der Waals surface area contributed by atoms with Crippen LogP contribution in [-0.2, 0) is 9.53 Å². The fraction of sp³-hybridized carbons (Fsp3) is 0.500. The van der Waals surface area contributed by atoms with E-state index in [2.05, 4.69) is 15.6 Å². The van der Waals surface area contributed by atoms with E-state index in [4.69, 9.17) is 4.74 Å². The maximum atomic E-state index is 12.0. The number of carbonyl (C=O) groups excluding carboxylic acids is 1. The van der Waals surface area contributed by atoms with Gasteiger partial charge >= 0.3 is 0 Å².